The largest absolute Gasteiger partial charge is 0.497 e. The Balaban J connectivity index is 2.27. The lowest BCUT2D eigenvalue weighted by Gasteiger charge is -2.28. The summed E-state index contributed by atoms with van der Waals surface area (Å²) in [6.45, 7) is 1.53. The molecule has 0 aliphatic carbocycles. The monoisotopic (exact) mass is 378 g/mol. The third-order valence-corrected chi connectivity index (χ3v) is 4.99. The van der Waals surface area contributed by atoms with Crippen molar-refractivity contribution in [1.29, 1.82) is 0 Å². The molecule has 0 unspecified atom stereocenters. The zero-order valence-corrected chi connectivity index (χ0v) is 15.9. The Bertz CT molecular complexity index is 865. The smallest absolute Gasteiger partial charge is 0.247 e. The summed E-state index contributed by atoms with van der Waals surface area (Å²) in [7, 11) is -0.632. The number of nitrogens with one attached hydrogen (secondary N) is 1. The van der Waals surface area contributed by atoms with E-state index in [0.717, 1.165) is 10.6 Å². The summed E-state index contributed by atoms with van der Waals surface area (Å²) in [5.74, 6) is 0.723. The van der Waals surface area contributed by atoms with Crippen molar-refractivity contribution >= 4 is 27.3 Å². The maximum Gasteiger partial charge on any atom is 0.247 e. The minimum atomic E-state index is -3.68. The zero-order chi connectivity index (χ0) is 19.3. The highest BCUT2D eigenvalue weighted by atomic mass is 32.2. The van der Waals surface area contributed by atoms with Gasteiger partial charge in [0.1, 0.15) is 17.5 Å². The third kappa shape index (κ3) is 4.66. The molecule has 0 bridgehead atoms. The van der Waals surface area contributed by atoms with E-state index >= 15 is 0 Å². The Labute approximate surface area is 153 Å². The van der Waals surface area contributed by atoms with Crippen LogP contribution < -0.4 is 19.1 Å². The fraction of sp³-hybridized carbons (Fsp3) is 0.278. The number of carbonyl (C=O) groups excluding carboxylic acids is 1. The zero-order valence-electron chi connectivity index (χ0n) is 15.1. The molecular weight excluding hydrogens is 356 g/mol. The second-order valence-corrected chi connectivity index (χ2v) is 7.51. The molecule has 26 heavy (non-hydrogen) atoms. The Morgan fingerprint density at radius 1 is 1.04 bits per heavy atom. The molecule has 0 spiro atoms. The fourth-order valence-electron chi connectivity index (χ4n) is 2.49. The van der Waals surface area contributed by atoms with Gasteiger partial charge < -0.3 is 14.8 Å². The normalized spacial score (nSPS) is 12.2. The van der Waals surface area contributed by atoms with Gasteiger partial charge in [-0.1, -0.05) is 6.07 Å². The van der Waals surface area contributed by atoms with Gasteiger partial charge in [0.25, 0.3) is 0 Å². The maximum absolute atomic E-state index is 12.6. The van der Waals surface area contributed by atoms with E-state index in [4.69, 9.17) is 9.47 Å². The van der Waals surface area contributed by atoms with Crippen LogP contribution in [-0.2, 0) is 14.8 Å². The minimum absolute atomic E-state index is 0.376. The van der Waals surface area contributed by atoms with Crippen molar-refractivity contribution in [3.05, 3.63) is 48.5 Å². The van der Waals surface area contributed by atoms with Crippen LogP contribution in [0.4, 0.5) is 11.4 Å². The maximum atomic E-state index is 12.6. The van der Waals surface area contributed by atoms with Crippen LogP contribution in [0.1, 0.15) is 6.92 Å². The minimum Gasteiger partial charge on any atom is -0.497 e. The van der Waals surface area contributed by atoms with Crippen molar-refractivity contribution in [2.24, 2.45) is 0 Å². The number of anilines is 2. The molecule has 0 saturated heterocycles. The molecule has 1 amide bonds. The highest BCUT2D eigenvalue weighted by Gasteiger charge is 2.29. The van der Waals surface area contributed by atoms with Crippen LogP contribution in [0.15, 0.2) is 48.5 Å². The van der Waals surface area contributed by atoms with Crippen molar-refractivity contribution in [2.75, 3.05) is 30.1 Å². The van der Waals surface area contributed by atoms with E-state index in [2.05, 4.69) is 5.32 Å². The van der Waals surface area contributed by atoms with E-state index in [9.17, 15) is 13.2 Å². The van der Waals surface area contributed by atoms with Gasteiger partial charge in [-0.2, -0.15) is 0 Å². The average Bonchev–Trinajstić information content (AvgIpc) is 2.61. The number of amides is 1. The first-order valence-electron chi connectivity index (χ1n) is 7.84. The Morgan fingerprint density at radius 2 is 1.65 bits per heavy atom. The summed E-state index contributed by atoms with van der Waals surface area (Å²) < 4.78 is 35.8. The Hall–Kier alpha value is -2.74. The molecule has 2 rings (SSSR count). The molecule has 0 fully saturated rings. The van der Waals surface area contributed by atoms with Gasteiger partial charge in [0.15, 0.2) is 0 Å². The fourth-order valence-corrected chi connectivity index (χ4v) is 3.66. The van der Waals surface area contributed by atoms with E-state index in [1.165, 1.54) is 21.1 Å². The van der Waals surface area contributed by atoms with Crippen LogP contribution in [-0.4, -0.2) is 40.8 Å². The van der Waals surface area contributed by atoms with Gasteiger partial charge in [-0.25, -0.2) is 8.42 Å². The Kier molecular flexibility index (Phi) is 6.10. The SMILES string of the molecule is COc1ccc(N([C@@H](C)C(=O)Nc2cccc(OC)c2)S(C)(=O)=O)cc1. The van der Waals surface area contributed by atoms with Crippen LogP contribution in [0.3, 0.4) is 0 Å². The van der Waals surface area contributed by atoms with Gasteiger partial charge in [-0.05, 0) is 43.3 Å². The molecule has 7 nitrogen and oxygen atoms in total. The molecule has 1 atom stereocenters. The lowest BCUT2D eigenvalue weighted by molar-refractivity contribution is -0.116. The molecule has 0 saturated carbocycles. The molecule has 0 aliphatic heterocycles. The lowest BCUT2D eigenvalue weighted by Crippen LogP contribution is -2.45. The number of hydrogen-bond acceptors (Lipinski definition) is 5. The third-order valence-electron chi connectivity index (χ3n) is 3.75. The van der Waals surface area contributed by atoms with Gasteiger partial charge >= 0.3 is 0 Å². The summed E-state index contributed by atoms with van der Waals surface area (Å²) in [6, 6.07) is 12.3. The second-order valence-electron chi connectivity index (χ2n) is 5.65. The van der Waals surface area contributed by atoms with Crippen molar-refractivity contribution in [3.63, 3.8) is 0 Å². The quantitative estimate of drug-likeness (QED) is 0.800. The number of methoxy groups -OCH3 is 2. The second kappa shape index (κ2) is 8.09. The summed E-state index contributed by atoms with van der Waals surface area (Å²) in [4.78, 5) is 12.6. The van der Waals surface area contributed by atoms with Crippen molar-refractivity contribution in [2.45, 2.75) is 13.0 Å². The van der Waals surface area contributed by atoms with E-state index in [0.29, 0.717) is 22.9 Å². The van der Waals surface area contributed by atoms with Crippen LogP contribution >= 0.6 is 0 Å². The molecule has 2 aromatic carbocycles. The van der Waals surface area contributed by atoms with E-state index in [1.54, 1.807) is 48.5 Å². The van der Waals surface area contributed by atoms with Crippen LogP contribution in [0.5, 0.6) is 11.5 Å². The number of hydrogen-bond donors (Lipinski definition) is 1. The van der Waals surface area contributed by atoms with Gasteiger partial charge in [0.05, 0.1) is 26.2 Å². The number of nitrogens with zero attached hydrogens (tertiary/aromatic N) is 1. The number of sulfonamides is 1. The van der Waals surface area contributed by atoms with Crippen LogP contribution in [0.25, 0.3) is 0 Å². The molecule has 140 valence electrons. The lowest BCUT2D eigenvalue weighted by atomic mass is 10.2. The summed E-state index contributed by atoms with van der Waals surface area (Å²) >= 11 is 0. The van der Waals surface area contributed by atoms with Crippen LogP contribution in [0, 0.1) is 0 Å². The molecule has 8 heteroatoms. The van der Waals surface area contributed by atoms with Crippen molar-refractivity contribution in [3.8, 4) is 11.5 Å². The number of carbonyl (C=O) groups is 1. The van der Waals surface area contributed by atoms with Crippen molar-refractivity contribution in [1.82, 2.24) is 0 Å². The summed E-state index contributed by atoms with van der Waals surface area (Å²) in [6.07, 6.45) is 1.06. The highest BCUT2D eigenvalue weighted by Crippen LogP contribution is 2.25. The number of ether oxygens (including phenoxy) is 2. The molecule has 0 aromatic heterocycles. The summed E-state index contributed by atoms with van der Waals surface area (Å²) in [5, 5.41) is 2.71. The van der Waals surface area contributed by atoms with Gasteiger partial charge in [-0.15, -0.1) is 0 Å². The van der Waals surface area contributed by atoms with E-state index in [-0.39, 0.29) is 0 Å². The van der Waals surface area contributed by atoms with Crippen molar-refractivity contribution < 1.29 is 22.7 Å². The topological polar surface area (TPSA) is 84.9 Å². The molecule has 0 heterocycles. The molecular formula is C18H22N2O5S. The van der Waals surface area contributed by atoms with E-state index in [1.807, 2.05) is 0 Å². The summed E-state index contributed by atoms with van der Waals surface area (Å²) in [5.41, 5.74) is 0.894. The first-order chi connectivity index (χ1) is 12.3. The number of benzene rings is 2. The average molecular weight is 378 g/mol. The molecule has 1 N–H and O–H groups in total. The predicted octanol–water partition coefficient (Wildman–Crippen LogP) is 2.50. The predicted molar refractivity (Wildman–Crippen MR) is 101 cm³/mol. The van der Waals surface area contributed by atoms with Crippen LogP contribution in [0.2, 0.25) is 0 Å². The van der Waals surface area contributed by atoms with Gasteiger partial charge in [0.2, 0.25) is 15.9 Å². The number of rotatable bonds is 7. The Morgan fingerprint density at radius 3 is 2.19 bits per heavy atom. The molecule has 2 aromatic rings. The van der Waals surface area contributed by atoms with Gasteiger partial charge in [-0.3, -0.25) is 9.10 Å². The molecule has 0 radical (unpaired) electrons. The molecule has 0 aliphatic rings. The highest BCUT2D eigenvalue weighted by molar-refractivity contribution is 7.92. The van der Waals surface area contributed by atoms with E-state index < -0.39 is 22.0 Å². The first kappa shape index (κ1) is 19.6. The standard InChI is InChI=1S/C18H22N2O5S/c1-13(18(21)19-14-6-5-7-17(12-14)25-3)20(26(4,22)23)15-8-10-16(24-2)11-9-15/h5-13H,1-4H3,(H,19,21)/t13-/m0/s1. The van der Waals surface area contributed by atoms with Gasteiger partial charge in [0, 0.05) is 11.8 Å². The first-order valence-corrected chi connectivity index (χ1v) is 9.69.